The van der Waals surface area contributed by atoms with Crippen molar-refractivity contribution in [3.05, 3.63) is 64.9 Å². The Balaban J connectivity index is 2.20. The van der Waals surface area contributed by atoms with Crippen molar-refractivity contribution < 1.29 is 9.90 Å². The average molecular weight is 333 g/mol. The number of halogens is 1. The fourth-order valence-corrected chi connectivity index (χ4v) is 2.36. The van der Waals surface area contributed by atoms with Crippen LogP contribution in [0.25, 0.3) is 0 Å². The lowest BCUT2D eigenvalue weighted by Gasteiger charge is -2.22. The van der Waals surface area contributed by atoms with E-state index in [0.29, 0.717) is 11.4 Å². The van der Waals surface area contributed by atoms with Crippen molar-refractivity contribution in [2.75, 3.05) is 6.54 Å². The van der Waals surface area contributed by atoms with Gasteiger partial charge in [0.1, 0.15) is 0 Å². The van der Waals surface area contributed by atoms with Crippen molar-refractivity contribution in [1.82, 2.24) is 10.3 Å². The van der Waals surface area contributed by atoms with Crippen LogP contribution in [0.2, 0.25) is 5.02 Å². The lowest BCUT2D eigenvalue weighted by atomic mass is 9.91. The third-order valence-electron chi connectivity index (χ3n) is 3.47. The predicted octanol–water partition coefficient (Wildman–Crippen LogP) is 2.95. The van der Waals surface area contributed by atoms with E-state index in [-0.39, 0.29) is 18.4 Å². The monoisotopic (exact) mass is 332 g/mol. The van der Waals surface area contributed by atoms with Crippen LogP contribution >= 0.6 is 11.6 Å². The van der Waals surface area contributed by atoms with Gasteiger partial charge in [0.15, 0.2) is 0 Å². The molecule has 1 unspecified atom stereocenters. The molecule has 0 fully saturated rings. The van der Waals surface area contributed by atoms with Crippen LogP contribution < -0.4 is 5.32 Å². The third-order valence-corrected chi connectivity index (χ3v) is 3.73. The number of rotatable bonds is 6. The second-order valence-electron chi connectivity index (χ2n) is 6.19. The van der Waals surface area contributed by atoms with Crippen LogP contribution in [0.15, 0.2) is 48.8 Å². The molecule has 4 nitrogen and oxygen atoms in total. The highest BCUT2D eigenvalue weighted by molar-refractivity contribution is 6.30. The summed E-state index contributed by atoms with van der Waals surface area (Å²) in [6.07, 6.45) is 3.98. The quantitative estimate of drug-likeness (QED) is 0.855. The molecule has 1 aromatic heterocycles. The van der Waals surface area contributed by atoms with Gasteiger partial charge < -0.3 is 10.4 Å². The van der Waals surface area contributed by atoms with Gasteiger partial charge in [-0.05, 0) is 55.7 Å². The second-order valence-corrected chi connectivity index (χ2v) is 6.63. The van der Waals surface area contributed by atoms with Gasteiger partial charge in [0.2, 0.25) is 5.91 Å². The average Bonchev–Trinajstić information content (AvgIpc) is 2.52. The fraction of sp³-hybridized carbons (Fsp3) is 0.333. The molecular formula is C18H21ClN2O2. The minimum Gasteiger partial charge on any atom is -0.389 e. The van der Waals surface area contributed by atoms with Crippen LogP contribution in [0.5, 0.6) is 0 Å². The van der Waals surface area contributed by atoms with Gasteiger partial charge in [0.05, 0.1) is 11.5 Å². The van der Waals surface area contributed by atoms with E-state index in [4.69, 9.17) is 11.6 Å². The normalized spacial score (nSPS) is 12.7. The van der Waals surface area contributed by atoms with E-state index >= 15 is 0 Å². The molecule has 2 aromatic rings. The van der Waals surface area contributed by atoms with Gasteiger partial charge in [-0.1, -0.05) is 23.7 Å². The summed E-state index contributed by atoms with van der Waals surface area (Å²) in [5, 5.41) is 13.3. The number of benzene rings is 1. The topological polar surface area (TPSA) is 62.2 Å². The summed E-state index contributed by atoms with van der Waals surface area (Å²) in [6, 6.07) is 11.1. The number of aromatic nitrogens is 1. The van der Waals surface area contributed by atoms with E-state index in [9.17, 15) is 9.90 Å². The molecule has 5 heteroatoms. The Morgan fingerprint density at radius 1 is 1.22 bits per heavy atom. The second kappa shape index (κ2) is 7.57. The van der Waals surface area contributed by atoms with Gasteiger partial charge in [-0.3, -0.25) is 9.78 Å². The molecule has 1 atom stereocenters. The molecule has 0 aliphatic heterocycles. The largest absolute Gasteiger partial charge is 0.389 e. The predicted molar refractivity (Wildman–Crippen MR) is 91.4 cm³/mol. The van der Waals surface area contributed by atoms with E-state index in [1.54, 1.807) is 38.4 Å². The molecule has 0 aliphatic carbocycles. The number of aliphatic hydroxyl groups is 1. The summed E-state index contributed by atoms with van der Waals surface area (Å²) in [4.78, 5) is 16.6. The summed E-state index contributed by atoms with van der Waals surface area (Å²) in [7, 11) is 0. The Kier molecular flexibility index (Phi) is 5.74. The zero-order chi connectivity index (χ0) is 16.9. The SMILES string of the molecule is CC(C)(O)CNC(=O)C(Cc1ccncc1)c1ccc(Cl)cc1. The molecule has 0 aliphatic rings. The van der Waals surface area contributed by atoms with Gasteiger partial charge in [0.25, 0.3) is 0 Å². The maximum Gasteiger partial charge on any atom is 0.227 e. The molecule has 1 heterocycles. The summed E-state index contributed by atoms with van der Waals surface area (Å²) in [5.74, 6) is -0.469. The van der Waals surface area contributed by atoms with E-state index in [1.165, 1.54) is 0 Å². The smallest absolute Gasteiger partial charge is 0.227 e. The Hall–Kier alpha value is -1.91. The molecule has 0 radical (unpaired) electrons. The first-order chi connectivity index (χ1) is 10.8. The van der Waals surface area contributed by atoms with Crippen molar-refractivity contribution in [1.29, 1.82) is 0 Å². The highest BCUT2D eigenvalue weighted by atomic mass is 35.5. The molecule has 2 rings (SSSR count). The molecule has 2 N–H and O–H groups in total. The van der Waals surface area contributed by atoms with Crippen molar-refractivity contribution in [2.24, 2.45) is 0 Å². The zero-order valence-electron chi connectivity index (χ0n) is 13.3. The Morgan fingerprint density at radius 2 is 1.83 bits per heavy atom. The highest BCUT2D eigenvalue weighted by Gasteiger charge is 2.23. The van der Waals surface area contributed by atoms with Gasteiger partial charge in [0, 0.05) is 24.0 Å². The van der Waals surface area contributed by atoms with E-state index < -0.39 is 5.60 Å². The fourth-order valence-electron chi connectivity index (χ4n) is 2.24. The molecule has 1 aromatic carbocycles. The van der Waals surface area contributed by atoms with Crippen LogP contribution in [-0.2, 0) is 11.2 Å². The van der Waals surface area contributed by atoms with Crippen LogP contribution in [-0.4, -0.2) is 28.1 Å². The molecule has 1 amide bonds. The molecule has 23 heavy (non-hydrogen) atoms. The number of nitrogens with one attached hydrogen (secondary N) is 1. The highest BCUT2D eigenvalue weighted by Crippen LogP contribution is 2.23. The number of amides is 1. The van der Waals surface area contributed by atoms with Crippen LogP contribution in [0.1, 0.15) is 30.9 Å². The number of hydrogen-bond acceptors (Lipinski definition) is 3. The van der Waals surface area contributed by atoms with Gasteiger partial charge >= 0.3 is 0 Å². The first-order valence-corrected chi connectivity index (χ1v) is 7.87. The molecule has 0 saturated heterocycles. The van der Waals surface area contributed by atoms with E-state index in [2.05, 4.69) is 10.3 Å². The summed E-state index contributed by atoms with van der Waals surface area (Å²) < 4.78 is 0. The molecule has 0 bridgehead atoms. The lowest BCUT2D eigenvalue weighted by Crippen LogP contribution is -2.40. The minimum atomic E-state index is -0.948. The number of hydrogen-bond donors (Lipinski definition) is 2. The summed E-state index contributed by atoms with van der Waals surface area (Å²) in [6.45, 7) is 3.52. The first-order valence-electron chi connectivity index (χ1n) is 7.49. The van der Waals surface area contributed by atoms with E-state index in [1.807, 2.05) is 24.3 Å². The number of carbonyl (C=O) groups excluding carboxylic acids is 1. The van der Waals surface area contributed by atoms with Gasteiger partial charge in [-0.15, -0.1) is 0 Å². The number of carbonyl (C=O) groups is 1. The number of pyridine rings is 1. The third kappa shape index (κ3) is 5.66. The van der Waals surface area contributed by atoms with Crippen molar-refractivity contribution in [2.45, 2.75) is 31.8 Å². The zero-order valence-corrected chi connectivity index (χ0v) is 14.0. The van der Waals surface area contributed by atoms with Crippen molar-refractivity contribution in [3.8, 4) is 0 Å². The standard InChI is InChI=1S/C18H21ClN2O2/c1-18(2,23)12-21-17(22)16(11-13-7-9-20-10-8-13)14-3-5-15(19)6-4-14/h3-10,16,23H,11-12H2,1-2H3,(H,21,22). The Morgan fingerprint density at radius 3 is 2.39 bits per heavy atom. The summed E-state index contributed by atoms with van der Waals surface area (Å²) in [5.41, 5.74) is 0.967. The van der Waals surface area contributed by atoms with Gasteiger partial charge in [-0.2, -0.15) is 0 Å². The molecule has 122 valence electrons. The molecule has 0 spiro atoms. The van der Waals surface area contributed by atoms with Crippen LogP contribution in [0.4, 0.5) is 0 Å². The molecular weight excluding hydrogens is 312 g/mol. The maximum atomic E-state index is 12.6. The van der Waals surface area contributed by atoms with Crippen molar-refractivity contribution in [3.63, 3.8) is 0 Å². The maximum absolute atomic E-state index is 12.6. The summed E-state index contributed by atoms with van der Waals surface area (Å²) >= 11 is 5.94. The van der Waals surface area contributed by atoms with Crippen molar-refractivity contribution >= 4 is 17.5 Å². The van der Waals surface area contributed by atoms with Gasteiger partial charge in [-0.25, -0.2) is 0 Å². The first kappa shape index (κ1) is 17.4. The van der Waals surface area contributed by atoms with E-state index in [0.717, 1.165) is 11.1 Å². The Bertz CT molecular complexity index is 636. The molecule has 0 saturated carbocycles. The Labute approximate surface area is 141 Å². The van der Waals surface area contributed by atoms with Crippen LogP contribution in [0, 0.1) is 0 Å². The van der Waals surface area contributed by atoms with Crippen LogP contribution in [0.3, 0.4) is 0 Å². The number of nitrogens with zero attached hydrogens (tertiary/aromatic N) is 1. The lowest BCUT2D eigenvalue weighted by molar-refractivity contribution is -0.123. The minimum absolute atomic E-state index is 0.119.